The molecule has 7 heteroatoms. The van der Waals surface area contributed by atoms with Crippen LogP contribution in [-0.4, -0.2) is 4.89 Å². The van der Waals surface area contributed by atoms with Gasteiger partial charge in [-0.2, -0.15) is 0 Å². The summed E-state index contributed by atoms with van der Waals surface area (Å²) in [5.41, 5.74) is 1.43. The van der Waals surface area contributed by atoms with Crippen LogP contribution in [0.3, 0.4) is 0 Å². The largest absolute Gasteiger partial charge is 0.585 e. The molecule has 0 bridgehead atoms. The molecule has 0 unspecified atom stereocenters. The lowest BCUT2D eigenvalue weighted by atomic mass is 9.92. The van der Waals surface area contributed by atoms with Gasteiger partial charge >= 0.3 is 7.82 Å². The van der Waals surface area contributed by atoms with E-state index < -0.39 is 27.9 Å². The van der Waals surface area contributed by atoms with E-state index in [0.717, 1.165) is 60.7 Å². The summed E-state index contributed by atoms with van der Waals surface area (Å²) >= 11 is 0. The zero-order valence-corrected chi connectivity index (χ0v) is 36.6. The molecule has 0 atom stereocenters. The Morgan fingerprint density at radius 1 is 0.333 bits per heavy atom. The highest BCUT2D eigenvalue weighted by molar-refractivity contribution is 8.34. The topological polar surface area (TPSA) is 55.8 Å². The van der Waals surface area contributed by atoms with Crippen molar-refractivity contribution in [3.8, 4) is 22.6 Å². The fourth-order valence-electron chi connectivity index (χ4n) is 9.31. The van der Waals surface area contributed by atoms with Gasteiger partial charge in [0, 0.05) is 50.3 Å². The van der Waals surface area contributed by atoms with E-state index >= 15 is 4.57 Å². The molecule has 11 rings (SSSR count). The predicted molar refractivity (Wildman–Crippen MR) is 258 cm³/mol. The maximum atomic E-state index is 15.4. The van der Waals surface area contributed by atoms with E-state index in [-0.39, 0.29) is 0 Å². The van der Waals surface area contributed by atoms with Crippen LogP contribution in [0.4, 0.5) is 0 Å². The Hall–Kier alpha value is -6.79. The van der Waals surface area contributed by atoms with Crippen molar-refractivity contribution in [1.29, 1.82) is 0 Å². The van der Waals surface area contributed by atoms with Crippen molar-refractivity contribution in [2.45, 2.75) is 39.2 Å². The molecule has 1 N–H and O–H groups in total. The molecule has 1 aliphatic rings. The van der Waals surface area contributed by atoms with Crippen LogP contribution in [0.1, 0.15) is 0 Å². The maximum Gasteiger partial charge on any atom is 0.585 e. The lowest BCUT2D eigenvalue weighted by Gasteiger charge is -2.43. The van der Waals surface area contributed by atoms with Gasteiger partial charge in [0.2, 0.25) is 0 Å². The second kappa shape index (κ2) is 15.8. The number of phosphoric acid groups is 1. The van der Waals surface area contributed by atoms with Gasteiger partial charge in [0.15, 0.2) is 11.5 Å². The van der Waals surface area contributed by atoms with Gasteiger partial charge in [0.1, 0.15) is 0 Å². The van der Waals surface area contributed by atoms with Gasteiger partial charge in [-0.25, -0.2) is 4.57 Å². The van der Waals surface area contributed by atoms with Gasteiger partial charge in [0.25, 0.3) is 0 Å². The minimum Gasteiger partial charge on any atom is -0.393 e. The summed E-state index contributed by atoms with van der Waals surface area (Å²) in [6.07, 6.45) is 0. The molecule has 0 radical (unpaired) electrons. The highest BCUT2D eigenvalue weighted by Crippen LogP contribution is 2.80. The van der Waals surface area contributed by atoms with Crippen molar-refractivity contribution in [2.75, 3.05) is 0 Å². The highest BCUT2D eigenvalue weighted by atomic mass is 32.3. The first-order chi connectivity index (χ1) is 31.0. The van der Waals surface area contributed by atoms with Crippen molar-refractivity contribution < 1.29 is 18.5 Å². The molecular formula is C56H41O4PS2. The highest BCUT2D eigenvalue weighted by Gasteiger charge is 2.46. The minimum atomic E-state index is -4.97. The van der Waals surface area contributed by atoms with Crippen molar-refractivity contribution in [3.63, 3.8) is 0 Å². The number of fused-ring (bicyclic) bond motifs is 7. The molecule has 0 fully saturated rings. The third-order valence-corrected chi connectivity index (χ3v) is 20.5. The van der Waals surface area contributed by atoms with Gasteiger partial charge in [-0.15, -0.1) is 20.1 Å². The van der Waals surface area contributed by atoms with Crippen molar-refractivity contribution >= 4 is 49.4 Å². The van der Waals surface area contributed by atoms with E-state index in [9.17, 15) is 4.89 Å². The average Bonchev–Trinajstić information content (AvgIpc) is 3.47. The summed E-state index contributed by atoms with van der Waals surface area (Å²) in [6.45, 7) is 0. The third kappa shape index (κ3) is 6.32. The monoisotopic (exact) mass is 872 g/mol. The first kappa shape index (κ1) is 39.1. The normalized spacial score (nSPS) is 13.8. The molecule has 0 saturated carbocycles. The molecule has 1 heterocycles. The molecule has 306 valence electrons. The summed E-state index contributed by atoms with van der Waals surface area (Å²) in [6, 6.07) is 84.0. The molecule has 4 nitrogen and oxygen atoms in total. The summed E-state index contributed by atoms with van der Waals surface area (Å²) in [4.78, 5) is 20.5. The van der Waals surface area contributed by atoms with Crippen molar-refractivity contribution in [3.05, 3.63) is 243 Å². The Balaban J connectivity index is 1.38. The first-order valence-corrected chi connectivity index (χ1v) is 25.6. The van der Waals surface area contributed by atoms with E-state index in [1.54, 1.807) is 0 Å². The summed E-state index contributed by atoms with van der Waals surface area (Å²) in [5.74, 6) is 0.652. The lowest BCUT2D eigenvalue weighted by Crippen LogP contribution is -2.09. The van der Waals surface area contributed by atoms with Crippen LogP contribution in [0.5, 0.6) is 11.5 Å². The van der Waals surface area contributed by atoms with Crippen molar-refractivity contribution in [2.24, 2.45) is 0 Å². The first-order valence-electron chi connectivity index (χ1n) is 20.8. The zero-order chi connectivity index (χ0) is 42.4. The second-order valence-corrected chi connectivity index (χ2v) is 22.8. The number of hydrogen-bond donors (Lipinski definition) is 1. The molecule has 0 amide bonds. The minimum absolute atomic E-state index is 0.326. The third-order valence-electron chi connectivity index (χ3n) is 11.8. The quantitative estimate of drug-likeness (QED) is 0.155. The molecule has 10 aromatic carbocycles. The molecule has 0 spiro atoms. The fourth-order valence-corrected chi connectivity index (χ4v) is 18.3. The Morgan fingerprint density at radius 2 is 0.571 bits per heavy atom. The van der Waals surface area contributed by atoms with Crippen LogP contribution in [0, 0.1) is 0 Å². The molecule has 0 saturated heterocycles. The van der Waals surface area contributed by atoms with E-state index in [1.165, 1.54) is 0 Å². The Morgan fingerprint density at radius 3 is 0.841 bits per heavy atom. The molecule has 0 aliphatic carbocycles. The van der Waals surface area contributed by atoms with Gasteiger partial charge in [-0.1, -0.05) is 158 Å². The van der Waals surface area contributed by atoms with Crippen LogP contribution in [-0.2, 0) is 4.57 Å². The average molecular weight is 873 g/mol. The summed E-state index contributed by atoms with van der Waals surface area (Å²) in [7, 11) is -9.85. The number of rotatable bonds is 8. The van der Waals surface area contributed by atoms with E-state index in [2.05, 4.69) is 194 Å². The number of phosphoric ester groups is 1. The van der Waals surface area contributed by atoms with E-state index in [0.29, 0.717) is 22.6 Å². The fraction of sp³-hybridized carbons (Fsp3) is 0. The standard InChI is InChI=1S/C56H41O4PS2/c57-61(58)59-55-51(62(43-25-7-1-8-26-43,44-27-9-2-10-28-44)45-29-11-3-12-30-45)39-41-23-19-21-37-49(41)53(55)54-50-38-22-20-24-42(50)40-52(56(54)60-61)63(46-31-13-4-14-32-46,47-33-15-5-16-34-47)48-35-17-6-18-36-48/h1-40H,(H,57,58). The Bertz CT molecular complexity index is 2900. The maximum absolute atomic E-state index is 15.4. The molecular weight excluding hydrogens is 832 g/mol. The number of hydrogen-bond acceptors (Lipinski definition) is 3. The van der Waals surface area contributed by atoms with E-state index in [4.69, 9.17) is 9.05 Å². The van der Waals surface area contributed by atoms with Crippen LogP contribution < -0.4 is 9.05 Å². The SMILES string of the molecule is O=P1(O)Oc2c(S(c3ccccc3)(c3ccccc3)c3ccccc3)cc3ccccc3c2-c2c(c(S(c3ccccc3)(c3ccccc3)c3ccccc3)cc3ccccc23)O1. The Kier molecular flexibility index (Phi) is 9.83. The number of benzene rings is 10. The van der Waals surface area contributed by atoms with Crippen LogP contribution in [0.25, 0.3) is 32.7 Å². The van der Waals surface area contributed by atoms with Crippen LogP contribution in [0.2, 0.25) is 0 Å². The van der Waals surface area contributed by atoms with E-state index in [1.807, 2.05) is 48.5 Å². The van der Waals surface area contributed by atoms with Crippen molar-refractivity contribution in [1.82, 2.24) is 0 Å². The summed E-state index contributed by atoms with van der Waals surface area (Å²) < 4.78 is 28.9. The Labute approximate surface area is 370 Å². The molecule has 63 heavy (non-hydrogen) atoms. The van der Waals surface area contributed by atoms with Gasteiger partial charge in [0.05, 0.1) is 0 Å². The zero-order valence-electron chi connectivity index (χ0n) is 34.0. The van der Waals surface area contributed by atoms with Crippen LogP contribution in [0.15, 0.2) is 282 Å². The molecule has 0 aromatic heterocycles. The lowest BCUT2D eigenvalue weighted by molar-refractivity contribution is 0.290. The smallest absolute Gasteiger partial charge is 0.393 e. The molecule has 10 aromatic rings. The summed E-state index contributed by atoms with van der Waals surface area (Å²) in [5, 5.41) is 3.70. The molecule has 1 aliphatic heterocycles. The van der Waals surface area contributed by atoms with Gasteiger partial charge in [-0.05, 0) is 106 Å². The predicted octanol–water partition coefficient (Wildman–Crippen LogP) is 16.2. The van der Waals surface area contributed by atoms with Gasteiger partial charge < -0.3 is 9.05 Å². The van der Waals surface area contributed by atoms with Gasteiger partial charge in [-0.3, -0.25) is 4.89 Å². The van der Waals surface area contributed by atoms with Crippen LogP contribution >= 0.6 is 27.9 Å². The second-order valence-electron chi connectivity index (χ2n) is 15.4.